The molecule has 1 amide bonds. The molecule has 1 heterocycles. The molecule has 1 atom stereocenters. The lowest BCUT2D eigenvalue weighted by Crippen LogP contribution is -2.52. The molecule has 1 fully saturated rings. The minimum absolute atomic E-state index is 0. The number of hydrogen-bond acceptors (Lipinski definition) is 3. The molecule has 4 nitrogen and oxygen atoms in total. The van der Waals surface area contributed by atoms with E-state index in [0.717, 1.165) is 18.6 Å². The van der Waals surface area contributed by atoms with Gasteiger partial charge in [-0.2, -0.15) is 13.2 Å². The van der Waals surface area contributed by atoms with Gasteiger partial charge >= 0.3 is 6.18 Å². The minimum Gasteiger partial charge on any atom is -0.385 e. The van der Waals surface area contributed by atoms with Crippen LogP contribution in [0.25, 0.3) is 0 Å². The molecule has 3 aromatic rings. The highest BCUT2D eigenvalue weighted by Crippen LogP contribution is 2.39. The highest BCUT2D eigenvalue weighted by atomic mass is 35.5. The van der Waals surface area contributed by atoms with Crippen LogP contribution in [-0.2, 0) is 22.0 Å². The average molecular weight is 547 g/mol. The molecule has 0 saturated carbocycles. The van der Waals surface area contributed by atoms with Crippen LogP contribution in [0, 0.1) is 0 Å². The van der Waals surface area contributed by atoms with Gasteiger partial charge in [0.2, 0.25) is 6.41 Å². The van der Waals surface area contributed by atoms with Crippen molar-refractivity contribution in [1.29, 1.82) is 0 Å². The molecule has 1 unspecified atom stereocenters. The third-order valence-corrected chi connectivity index (χ3v) is 7.82. The summed E-state index contributed by atoms with van der Waals surface area (Å²) in [5.74, 6) is 0. The van der Waals surface area contributed by atoms with E-state index < -0.39 is 17.3 Å². The third-order valence-electron chi connectivity index (χ3n) is 7.82. The van der Waals surface area contributed by atoms with E-state index in [2.05, 4.69) is 41.4 Å². The fourth-order valence-electron chi connectivity index (χ4n) is 5.41. The van der Waals surface area contributed by atoms with Crippen LogP contribution in [0.15, 0.2) is 84.9 Å². The quantitative estimate of drug-likeness (QED) is 0.311. The molecule has 1 saturated heterocycles. The van der Waals surface area contributed by atoms with Crippen molar-refractivity contribution in [3.8, 4) is 0 Å². The Bertz CT molecular complexity index is 1110. The number of nitrogens with zero attached hydrogens (tertiary/aromatic N) is 1. The van der Waals surface area contributed by atoms with Gasteiger partial charge in [0.25, 0.3) is 0 Å². The van der Waals surface area contributed by atoms with Crippen molar-refractivity contribution in [2.24, 2.45) is 0 Å². The van der Waals surface area contributed by atoms with Crippen molar-refractivity contribution in [3.63, 3.8) is 0 Å². The zero-order chi connectivity index (χ0) is 26.5. The Labute approximate surface area is 228 Å². The van der Waals surface area contributed by atoms with Gasteiger partial charge in [-0.15, -0.1) is 12.4 Å². The number of amides is 1. The predicted octanol–water partition coefficient (Wildman–Crippen LogP) is 6.27. The third kappa shape index (κ3) is 6.57. The van der Waals surface area contributed by atoms with E-state index in [1.54, 1.807) is 0 Å². The van der Waals surface area contributed by atoms with Gasteiger partial charge < -0.3 is 10.4 Å². The van der Waals surface area contributed by atoms with Crippen LogP contribution in [0.5, 0.6) is 0 Å². The van der Waals surface area contributed by atoms with Crippen LogP contribution in [0.3, 0.4) is 0 Å². The lowest BCUT2D eigenvalue weighted by atomic mass is 9.72. The summed E-state index contributed by atoms with van der Waals surface area (Å²) in [5.41, 5.74) is 0.688. The number of piperidine rings is 1. The average Bonchev–Trinajstić information content (AvgIpc) is 2.92. The van der Waals surface area contributed by atoms with E-state index >= 15 is 0 Å². The van der Waals surface area contributed by atoms with E-state index in [4.69, 9.17) is 0 Å². The second-order valence-electron chi connectivity index (χ2n) is 10.0. The number of carbonyl (C=O) groups excluding carboxylic acids is 1. The van der Waals surface area contributed by atoms with Crippen molar-refractivity contribution >= 4 is 18.8 Å². The Morgan fingerprint density at radius 2 is 1.39 bits per heavy atom. The van der Waals surface area contributed by atoms with Crippen LogP contribution in [0.4, 0.5) is 13.2 Å². The summed E-state index contributed by atoms with van der Waals surface area (Å²) in [5, 5.41) is 14.2. The molecule has 2 N–H and O–H groups in total. The zero-order valence-electron chi connectivity index (χ0n) is 21.3. The monoisotopic (exact) mass is 546 g/mol. The van der Waals surface area contributed by atoms with Crippen molar-refractivity contribution in [1.82, 2.24) is 10.2 Å². The zero-order valence-corrected chi connectivity index (χ0v) is 22.1. The van der Waals surface area contributed by atoms with Gasteiger partial charge in [0.05, 0.1) is 17.3 Å². The molecule has 38 heavy (non-hydrogen) atoms. The summed E-state index contributed by atoms with van der Waals surface area (Å²) in [6.07, 6.45) is -1.71. The summed E-state index contributed by atoms with van der Waals surface area (Å²) in [4.78, 5) is 13.6. The Morgan fingerprint density at radius 3 is 1.84 bits per heavy atom. The number of nitrogens with one attached hydrogen (secondary N) is 1. The molecule has 0 aliphatic carbocycles. The molecule has 1 aliphatic rings. The number of aliphatic hydroxyl groups is 1. The number of carbonyl (C=O) groups is 1. The molecule has 0 bridgehead atoms. The maximum Gasteiger partial charge on any atom is 0.416 e. The van der Waals surface area contributed by atoms with Crippen LogP contribution >= 0.6 is 12.4 Å². The van der Waals surface area contributed by atoms with Crippen molar-refractivity contribution < 1.29 is 23.1 Å². The Kier molecular flexibility index (Phi) is 9.63. The smallest absolute Gasteiger partial charge is 0.385 e. The molecule has 0 radical (unpaired) electrons. The molecule has 8 heteroatoms. The predicted molar refractivity (Wildman–Crippen MR) is 145 cm³/mol. The largest absolute Gasteiger partial charge is 0.416 e. The molecule has 0 spiro atoms. The number of alkyl halides is 3. The van der Waals surface area contributed by atoms with Crippen molar-refractivity contribution in [2.75, 3.05) is 13.1 Å². The summed E-state index contributed by atoms with van der Waals surface area (Å²) in [6.45, 7) is 3.24. The summed E-state index contributed by atoms with van der Waals surface area (Å²) < 4.78 is 38.8. The Morgan fingerprint density at radius 1 is 0.895 bits per heavy atom. The normalized spacial score (nSPS) is 16.8. The first-order chi connectivity index (χ1) is 17.7. The number of hydrogen-bond donors (Lipinski definition) is 2. The summed E-state index contributed by atoms with van der Waals surface area (Å²) in [7, 11) is 0. The van der Waals surface area contributed by atoms with Gasteiger partial charge in [0.15, 0.2) is 0 Å². The maximum atomic E-state index is 12.9. The van der Waals surface area contributed by atoms with Crippen molar-refractivity contribution in [3.05, 3.63) is 107 Å². The topological polar surface area (TPSA) is 52.6 Å². The van der Waals surface area contributed by atoms with E-state index in [0.29, 0.717) is 44.3 Å². The highest BCUT2D eigenvalue weighted by Gasteiger charge is 2.38. The molecule has 204 valence electrons. The van der Waals surface area contributed by atoms with Gasteiger partial charge in [0.1, 0.15) is 0 Å². The van der Waals surface area contributed by atoms with E-state index in [1.165, 1.54) is 23.3 Å². The first-order valence-corrected chi connectivity index (χ1v) is 12.6. The van der Waals surface area contributed by atoms with Gasteiger partial charge in [-0.05, 0) is 54.5 Å². The minimum atomic E-state index is -4.41. The highest BCUT2D eigenvalue weighted by molar-refractivity contribution is 5.85. The molecule has 4 rings (SSSR count). The van der Waals surface area contributed by atoms with Crippen LogP contribution in [0.1, 0.15) is 54.9 Å². The Hall–Kier alpha value is -2.87. The molecule has 3 aromatic carbocycles. The number of benzene rings is 3. The molecule has 1 aliphatic heterocycles. The van der Waals surface area contributed by atoms with Crippen LogP contribution < -0.4 is 5.32 Å². The molecular weight excluding hydrogens is 513 g/mol. The lowest BCUT2D eigenvalue weighted by molar-refractivity contribution is -0.137. The van der Waals surface area contributed by atoms with Crippen molar-refractivity contribution in [2.45, 2.75) is 56.0 Å². The molecule has 0 aromatic heterocycles. The van der Waals surface area contributed by atoms with Gasteiger partial charge in [-0.1, -0.05) is 79.7 Å². The van der Waals surface area contributed by atoms with Gasteiger partial charge in [-0.25, -0.2) is 0 Å². The van der Waals surface area contributed by atoms with E-state index in [1.807, 2.05) is 36.4 Å². The Balaban J connectivity index is 0.00000400. The lowest BCUT2D eigenvalue weighted by Gasteiger charge is -2.42. The maximum absolute atomic E-state index is 12.9. The van der Waals surface area contributed by atoms with E-state index in [-0.39, 0.29) is 24.0 Å². The first-order valence-electron chi connectivity index (χ1n) is 12.6. The fourth-order valence-corrected chi connectivity index (χ4v) is 5.41. The first kappa shape index (κ1) is 29.7. The SMILES string of the molecule is CC(CCC(NC=O)N1CCC(O)(c2ccc(C(F)(F)F)cc2)CC1)(c1ccccc1)c1ccccc1.Cl. The van der Waals surface area contributed by atoms with Crippen LogP contribution in [-0.4, -0.2) is 35.7 Å². The van der Waals surface area contributed by atoms with E-state index in [9.17, 15) is 23.1 Å². The number of rotatable bonds is 9. The fraction of sp³-hybridized carbons (Fsp3) is 0.367. The second kappa shape index (κ2) is 12.3. The molecular formula is C30H34ClF3N2O2. The van der Waals surface area contributed by atoms with Gasteiger partial charge in [0, 0.05) is 18.5 Å². The van der Waals surface area contributed by atoms with Gasteiger partial charge in [-0.3, -0.25) is 9.69 Å². The second-order valence-corrected chi connectivity index (χ2v) is 10.0. The number of halogens is 4. The van der Waals surface area contributed by atoms with Crippen LogP contribution in [0.2, 0.25) is 0 Å². The standard InChI is InChI=1S/C30H33F3N2O2.ClH/c1-28(23-8-4-2-5-9-23,24-10-6-3-7-11-24)17-16-27(34-22-36)35-20-18-29(37,19-21-35)25-12-14-26(15-13-25)30(31,32)33;/h2-15,22,27,37H,16-21H2,1H3,(H,34,36);1H. The summed E-state index contributed by atoms with van der Waals surface area (Å²) >= 11 is 0. The number of likely N-dealkylation sites (tertiary alicyclic amines) is 1. The summed E-state index contributed by atoms with van der Waals surface area (Å²) in [6, 6.07) is 25.4.